The molecule has 1 atom stereocenters. The molecule has 1 saturated heterocycles. The normalized spacial score (nSPS) is 21.2. The molecule has 2 rings (SSSR count). The van der Waals surface area contributed by atoms with Gasteiger partial charge in [-0.05, 0) is 35.4 Å². The van der Waals surface area contributed by atoms with Crippen molar-refractivity contribution >= 4 is 5.69 Å². The Morgan fingerprint density at radius 1 is 1.05 bits per heavy atom. The average molecular weight is 288 g/mol. The van der Waals surface area contributed by atoms with Crippen molar-refractivity contribution < 1.29 is 0 Å². The molecule has 1 aliphatic rings. The van der Waals surface area contributed by atoms with Gasteiger partial charge in [0.05, 0.1) is 0 Å². The first-order valence-corrected chi connectivity index (χ1v) is 8.27. The SMILES string of the molecule is CC(C)(C)c1ccccc1N1CCCNC(C(C)(C)C)C1. The van der Waals surface area contributed by atoms with E-state index in [1.54, 1.807) is 0 Å². The molecule has 1 N–H and O–H groups in total. The second kappa shape index (κ2) is 6.00. The molecule has 21 heavy (non-hydrogen) atoms. The minimum absolute atomic E-state index is 0.188. The number of para-hydroxylation sites is 1. The minimum atomic E-state index is 0.188. The van der Waals surface area contributed by atoms with Crippen LogP contribution in [0.15, 0.2) is 24.3 Å². The van der Waals surface area contributed by atoms with E-state index in [1.165, 1.54) is 17.7 Å². The van der Waals surface area contributed by atoms with Crippen LogP contribution in [-0.2, 0) is 5.41 Å². The molecule has 0 aliphatic carbocycles. The van der Waals surface area contributed by atoms with E-state index in [0.717, 1.165) is 19.6 Å². The third-order valence-electron chi connectivity index (χ3n) is 4.50. The number of benzene rings is 1. The smallest absolute Gasteiger partial charge is 0.0404 e. The van der Waals surface area contributed by atoms with Crippen molar-refractivity contribution in [1.82, 2.24) is 5.32 Å². The fourth-order valence-corrected chi connectivity index (χ4v) is 3.10. The van der Waals surface area contributed by atoms with Gasteiger partial charge >= 0.3 is 0 Å². The summed E-state index contributed by atoms with van der Waals surface area (Å²) < 4.78 is 0. The van der Waals surface area contributed by atoms with Crippen molar-refractivity contribution in [2.45, 2.75) is 59.4 Å². The summed E-state index contributed by atoms with van der Waals surface area (Å²) in [6.07, 6.45) is 1.21. The van der Waals surface area contributed by atoms with Gasteiger partial charge < -0.3 is 10.2 Å². The zero-order valence-electron chi connectivity index (χ0n) is 14.7. The zero-order chi connectivity index (χ0) is 15.7. The molecule has 2 heteroatoms. The molecule has 2 nitrogen and oxygen atoms in total. The molecule has 118 valence electrons. The molecule has 1 unspecified atom stereocenters. The van der Waals surface area contributed by atoms with Crippen molar-refractivity contribution in [1.29, 1.82) is 0 Å². The van der Waals surface area contributed by atoms with Crippen molar-refractivity contribution in [3.63, 3.8) is 0 Å². The Labute approximate surface area is 130 Å². The van der Waals surface area contributed by atoms with Crippen molar-refractivity contribution in [2.75, 3.05) is 24.5 Å². The van der Waals surface area contributed by atoms with E-state index in [2.05, 4.69) is 76.0 Å². The van der Waals surface area contributed by atoms with E-state index < -0.39 is 0 Å². The summed E-state index contributed by atoms with van der Waals surface area (Å²) in [5, 5.41) is 3.74. The van der Waals surface area contributed by atoms with Gasteiger partial charge in [0.15, 0.2) is 0 Å². The lowest BCUT2D eigenvalue weighted by Crippen LogP contribution is -2.46. The van der Waals surface area contributed by atoms with E-state index >= 15 is 0 Å². The highest BCUT2D eigenvalue weighted by atomic mass is 15.2. The highest BCUT2D eigenvalue weighted by molar-refractivity contribution is 5.56. The molecule has 0 spiro atoms. The topological polar surface area (TPSA) is 15.3 Å². The Kier molecular flexibility index (Phi) is 4.67. The quantitative estimate of drug-likeness (QED) is 0.833. The van der Waals surface area contributed by atoms with Crippen molar-refractivity contribution in [2.24, 2.45) is 5.41 Å². The summed E-state index contributed by atoms with van der Waals surface area (Å²) in [5.74, 6) is 0. The largest absolute Gasteiger partial charge is 0.370 e. The molecule has 1 fully saturated rings. The minimum Gasteiger partial charge on any atom is -0.370 e. The van der Waals surface area contributed by atoms with Gasteiger partial charge in [0.1, 0.15) is 0 Å². The first kappa shape index (κ1) is 16.4. The van der Waals surface area contributed by atoms with Crippen LogP contribution < -0.4 is 10.2 Å². The van der Waals surface area contributed by atoms with Crippen LogP contribution in [0.4, 0.5) is 5.69 Å². The third-order valence-corrected chi connectivity index (χ3v) is 4.50. The van der Waals surface area contributed by atoms with Gasteiger partial charge in [-0.2, -0.15) is 0 Å². The monoisotopic (exact) mass is 288 g/mol. The number of nitrogens with one attached hydrogen (secondary N) is 1. The lowest BCUT2D eigenvalue weighted by atomic mass is 9.84. The van der Waals surface area contributed by atoms with E-state index in [0.29, 0.717) is 11.5 Å². The van der Waals surface area contributed by atoms with Gasteiger partial charge in [-0.25, -0.2) is 0 Å². The van der Waals surface area contributed by atoms with Crippen molar-refractivity contribution in [3.8, 4) is 0 Å². The van der Waals surface area contributed by atoms with Crippen LogP contribution >= 0.6 is 0 Å². The Balaban J connectivity index is 2.32. The highest BCUT2D eigenvalue weighted by Crippen LogP contribution is 2.33. The average Bonchev–Trinajstić information content (AvgIpc) is 2.63. The maximum atomic E-state index is 3.74. The number of hydrogen-bond donors (Lipinski definition) is 1. The Morgan fingerprint density at radius 2 is 1.71 bits per heavy atom. The first-order valence-electron chi connectivity index (χ1n) is 8.27. The van der Waals surface area contributed by atoms with E-state index in [-0.39, 0.29) is 5.41 Å². The maximum Gasteiger partial charge on any atom is 0.0404 e. The van der Waals surface area contributed by atoms with Gasteiger partial charge in [0.25, 0.3) is 0 Å². The molecule has 0 aromatic heterocycles. The number of anilines is 1. The van der Waals surface area contributed by atoms with Gasteiger partial charge in [-0.15, -0.1) is 0 Å². The Bertz CT molecular complexity index is 465. The molecule has 1 heterocycles. The summed E-state index contributed by atoms with van der Waals surface area (Å²) >= 11 is 0. The standard InChI is InChI=1S/C19H32N2/c1-18(2,3)15-10-7-8-11-16(15)21-13-9-12-20-17(14-21)19(4,5)6/h7-8,10-11,17,20H,9,12-14H2,1-6H3. The number of nitrogens with zero attached hydrogens (tertiary/aromatic N) is 1. The fourth-order valence-electron chi connectivity index (χ4n) is 3.10. The van der Waals surface area contributed by atoms with Crippen LogP contribution in [-0.4, -0.2) is 25.7 Å². The third kappa shape index (κ3) is 4.00. The van der Waals surface area contributed by atoms with Crippen LogP contribution in [0.25, 0.3) is 0 Å². The molecular weight excluding hydrogens is 256 g/mol. The van der Waals surface area contributed by atoms with E-state index in [4.69, 9.17) is 0 Å². The van der Waals surface area contributed by atoms with Gasteiger partial charge in [0, 0.05) is 24.8 Å². The summed E-state index contributed by atoms with van der Waals surface area (Å²) in [6.45, 7) is 17.3. The van der Waals surface area contributed by atoms with Crippen LogP contribution in [0, 0.1) is 5.41 Å². The number of hydrogen-bond acceptors (Lipinski definition) is 2. The van der Waals surface area contributed by atoms with Crippen LogP contribution in [0.3, 0.4) is 0 Å². The Morgan fingerprint density at radius 3 is 2.33 bits per heavy atom. The molecule has 0 amide bonds. The Hall–Kier alpha value is -1.02. The maximum absolute atomic E-state index is 3.74. The molecule has 0 radical (unpaired) electrons. The van der Waals surface area contributed by atoms with E-state index in [9.17, 15) is 0 Å². The lowest BCUT2D eigenvalue weighted by molar-refractivity contribution is 0.280. The predicted molar refractivity (Wildman–Crippen MR) is 93.2 cm³/mol. The second-order valence-corrected chi connectivity index (χ2v) is 8.44. The number of rotatable bonds is 1. The van der Waals surface area contributed by atoms with Crippen molar-refractivity contribution in [3.05, 3.63) is 29.8 Å². The fraction of sp³-hybridized carbons (Fsp3) is 0.684. The highest BCUT2D eigenvalue weighted by Gasteiger charge is 2.29. The molecule has 0 saturated carbocycles. The van der Waals surface area contributed by atoms with E-state index in [1.807, 2.05) is 0 Å². The lowest BCUT2D eigenvalue weighted by Gasteiger charge is -2.36. The summed E-state index contributed by atoms with van der Waals surface area (Å²) in [7, 11) is 0. The van der Waals surface area contributed by atoms with Crippen LogP contribution in [0.2, 0.25) is 0 Å². The first-order chi connectivity index (χ1) is 9.69. The van der Waals surface area contributed by atoms with Gasteiger partial charge in [-0.1, -0.05) is 59.7 Å². The molecule has 1 aromatic carbocycles. The second-order valence-electron chi connectivity index (χ2n) is 8.44. The van der Waals surface area contributed by atoms with Gasteiger partial charge in [0.2, 0.25) is 0 Å². The predicted octanol–water partition coefficient (Wildman–Crippen LogP) is 4.20. The molecule has 1 aliphatic heterocycles. The molecular formula is C19H32N2. The van der Waals surface area contributed by atoms with Crippen LogP contribution in [0.1, 0.15) is 53.5 Å². The summed E-state index contributed by atoms with van der Waals surface area (Å²) in [4.78, 5) is 2.59. The van der Waals surface area contributed by atoms with Gasteiger partial charge in [-0.3, -0.25) is 0 Å². The molecule has 0 bridgehead atoms. The summed E-state index contributed by atoms with van der Waals surface area (Å²) in [6, 6.07) is 9.47. The zero-order valence-corrected chi connectivity index (χ0v) is 14.7. The summed E-state index contributed by atoms with van der Waals surface area (Å²) in [5.41, 5.74) is 3.36. The van der Waals surface area contributed by atoms with Crippen LogP contribution in [0.5, 0.6) is 0 Å². The molecule has 1 aromatic rings.